The van der Waals surface area contributed by atoms with Crippen molar-refractivity contribution in [3.63, 3.8) is 0 Å². The third-order valence-electron chi connectivity index (χ3n) is 3.52. The highest BCUT2D eigenvalue weighted by Crippen LogP contribution is 2.22. The normalized spacial score (nSPS) is 11.4. The van der Waals surface area contributed by atoms with E-state index in [0.717, 1.165) is 5.56 Å². The molecule has 1 heterocycles. The standard InChI is InChI=1S/C17H23N3O/c1-17(2,3)13-7-5-12(6-8-13)11-20(4)16(21)15-9-14(18)10-19-15/h5-10,19H,11,18H2,1-4H3. The lowest BCUT2D eigenvalue weighted by atomic mass is 9.87. The van der Waals surface area contributed by atoms with E-state index in [9.17, 15) is 4.79 Å². The van der Waals surface area contributed by atoms with Crippen LogP contribution in [0.5, 0.6) is 0 Å². The third kappa shape index (κ3) is 3.66. The highest BCUT2D eigenvalue weighted by atomic mass is 16.2. The van der Waals surface area contributed by atoms with E-state index in [1.54, 1.807) is 24.2 Å². The second kappa shape index (κ2) is 5.64. The molecule has 0 aliphatic heterocycles. The van der Waals surface area contributed by atoms with Crippen LogP contribution in [0.15, 0.2) is 36.5 Å². The fourth-order valence-corrected chi connectivity index (χ4v) is 2.20. The Morgan fingerprint density at radius 1 is 1.24 bits per heavy atom. The first kappa shape index (κ1) is 15.2. The number of nitrogens with zero attached hydrogens (tertiary/aromatic N) is 1. The summed E-state index contributed by atoms with van der Waals surface area (Å²) in [6, 6.07) is 10.1. The van der Waals surface area contributed by atoms with Gasteiger partial charge in [0.2, 0.25) is 0 Å². The van der Waals surface area contributed by atoms with Crippen LogP contribution in [0.4, 0.5) is 5.69 Å². The molecular formula is C17H23N3O. The molecule has 0 fully saturated rings. The van der Waals surface area contributed by atoms with E-state index in [4.69, 9.17) is 5.73 Å². The van der Waals surface area contributed by atoms with Crippen molar-refractivity contribution < 1.29 is 4.79 Å². The van der Waals surface area contributed by atoms with E-state index in [0.29, 0.717) is 17.9 Å². The first-order valence-electron chi connectivity index (χ1n) is 7.06. The van der Waals surface area contributed by atoms with Gasteiger partial charge in [-0.3, -0.25) is 4.79 Å². The van der Waals surface area contributed by atoms with Crippen molar-refractivity contribution >= 4 is 11.6 Å². The van der Waals surface area contributed by atoms with E-state index in [2.05, 4.69) is 50.0 Å². The van der Waals surface area contributed by atoms with Crippen molar-refractivity contribution in [3.05, 3.63) is 53.3 Å². The smallest absolute Gasteiger partial charge is 0.270 e. The first-order chi connectivity index (χ1) is 9.77. The molecular weight excluding hydrogens is 262 g/mol. The van der Waals surface area contributed by atoms with Gasteiger partial charge in [-0.2, -0.15) is 0 Å². The van der Waals surface area contributed by atoms with Crippen LogP contribution in [0.2, 0.25) is 0 Å². The summed E-state index contributed by atoms with van der Waals surface area (Å²) in [4.78, 5) is 16.8. The van der Waals surface area contributed by atoms with Crippen molar-refractivity contribution in [2.75, 3.05) is 12.8 Å². The van der Waals surface area contributed by atoms with Crippen LogP contribution in [-0.2, 0) is 12.0 Å². The molecule has 1 aromatic carbocycles. The van der Waals surface area contributed by atoms with E-state index >= 15 is 0 Å². The molecule has 0 atom stereocenters. The maximum absolute atomic E-state index is 12.2. The Morgan fingerprint density at radius 2 is 1.86 bits per heavy atom. The molecule has 4 heteroatoms. The van der Waals surface area contributed by atoms with Crippen molar-refractivity contribution in [2.45, 2.75) is 32.7 Å². The molecule has 112 valence electrons. The molecule has 0 bridgehead atoms. The molecule has 0 spiro atoms. The van der Waals surface area contributed by atoms with Gasteiger partial charge < -0.3 is 15.6 Å². The average Bonchev–Trinajstić information content (AvgIpc) is 2.84. The molecule has 0 aliphatic rings. The Hall–Kier alpha value is -2.23. The summed E-state index contributed by atoms with van der Waals surface area (Å²) in [7, 11) is 1.79. The van der Waals surface area contributed by atoms with Crippen LogP contribution >= 0.6 is 0 Å². The summed E-state index contributed by atoms with van der Waals surface area (Å²) in [5, 5.41) is 0. The molecule has 1 aromatic heterocycles. The van der Waals surface area contributed by atoms with Gasteiger partial charge in [-0.15, -0.1) is 0 Å². The number of nitrogen functional groups attached to an aromatic ring is 1. The summed E-state index contributed by atoms with van der Waals surface area (Å²) in [5.74, 6) is -0.0633. The summed E-state index contributed by atoms with van der Waals surface area (Å²) in [6.45, 7) is 7.13. The molecule has 0 saturated heterocycles. The topological polar surface area (TPSA) is 62.1 Å². The zero-order valence-corrected chi connectivity index (χ0v) is 13.1. The van der Waals surface area contributed by atoms with Gasteiger partial charge in [0.05, 0.1) is 0 Å². The van der Waals surface area contributed by atoms with Gasteiger partial charge >= 0.3 is 0 Å². The van der Waals surface area contributed by atoms with Crippen molar-refractivity contribution in [3.8, 4) is 0 Å². The minimum absolute atomic E-state index is 0.0633. The predicted molar refractivity (Wildman–Crippen MR) is 86.1 cm³/mol. The molecule has 3 N–H and O–H groups in total. The number of aromatic amines is 1. The lowest BCUT2D eigenvalue weighted by Gasteiger charge is -2.20. The van der Waals surface area contributed by atoms with E-state index in [1.165, 1.54) is 5.56 Å². The van der Waals surface area contributed by atoms with Gasteiger partial charge in [-0.25, -0.2) is 0 Å². The maximum atomic E-state index is 12.2. The van der Waals surface area contributed by atoms with Crippen LogP contribution in [0.3, 0.4) is 0 Å². The maximum Gasteiger partial charge on any atom is 0.270 e. The molecule has 4 nitrogen and oxygen atoms in total. The van der Waals surface area contributed by atoms with E-state index in [-0.39, 0.29) is 11.3 Å². The number of H-pyrrole nitrogens is 1. The Labute approximate surface area is 126 Å². The van der Waals surface area contributed by atoms with Gasteiger partial charge in [0.1, 0.15) is 5.69 Å². The monoisotopic (exact) mass is 285 g/mol. The zero-order chi connectivity index (χ0) is 15.6. The minimum Gasteiger partial charge on any atom is -0.397 e. The SMILES string of the molecule is CN(Cc1ccc(C(C)(C)C)cc1)C(=O)c1cc(N)c[nH]1. The highest BCUT2D eigenvalue weighted by Gasteiger charge is 2.15. The Bertz CT molecular complexity index is 620. The lowest BCUT2D eigenvalue weighted by molar-refractivity contribution is 0.0780. The first-order valence-corrected chi connectivity index (χ1v) is 7.06. The number of nitrogens with two attached hydrogens (primary N) is 1. The van der Waals surface area contributed by atoms with Gasteiger partial charge in [0.25, 0.3) is 5.91 Å². The number of rotatable bonds is 3. The van der Waals surface area contributed by atoms with Crippen LogP contribution in [0, 0.1) is 0 Å². The fourth-order valence-electron chi connectivity index (χ4n) is 2.20. The summed E-state index contributed by atoms with van der Waals surface area (Å²) in [6.07, 6.45) is 1.62. The summed E-state index contributed by atoms with van der Waals surface area (Å²) in [5.41, 5.74) is 9.25. The molecule has 2 aromatic rings. The van der Waals surface area contributed by atoms with Crippen LogP contribution < -0.4 is 5.73 Å². The van der Waals surface area contributed by atoms with Crippen molar-refractivity contribution in [2.24, 2.45) is 0 Å². The Balaban J connectivity index is 2.06. The van der Waals surface area contributed by atoms with Gasteiger partial charge in [0, 0.05) is 25.5 Å². The molecule has 2 rings (SSSR count). The van der Waals surface area contributed by atoms with Crippen molar-refractivity contribution in [1.29, 1.82) is 0 Å². The second-order valence-corrected chi connectivity index (χ2v) is 6.45. The molecule has 0 aliphatic carbocycles. The van der Waals surface area contributed by atoms with Gasteiger partial charge in [-0.1, -0.05) is 45.0 Å². The Kier molecular flexibility index (Phi) is 4.07. The highest BCUT2D eigenvalue weighted by molar-refractivity contribution is 5.93. The predicted octanol–water partition coefficient (Wildman–Crippen LogP) is 3.17. The third-order valence-corrected chi connectivity index (χ3v) is 3.52. The quantitative estimate of drug-likeness (QED) is 0.910. The average molecular weight is 285 g/mol. The molecule has 0 radical (unpaired) electrons. The largest absolute Gasteiger partial charge is 0.397 e. The number of aromatic nitrogens is 1. The van der Waals surface area contributed by atoms with Crippen molar-refractivity contribution in [1.82, 2.24) is 9.88 Å². The number of nitrogens with one attached hydrogen (secondary N) is 1. The number of carbonyl (C=O) groups excluding carboxylic acids is 1. The summed E-state index contributed by atoms with van der Waals surface area (Å²) < 4.78 is 0. The van der Waals surface area contributed by atoms with Crippen LogP contribution in [-0.4, -0.2) is 22.8 Å². The zero-order valence-electron chi connectivity index (χ0n) is 13.1. The number of anilines is 1. The minimum atomic E-state index is -0.0633. The number of hydrogen-bond acceptors (Lipinski definition) is 2. The molecule has 0 unspecified atom stereocenters. The van der Waals surface area contributed by atoms with E-state index in [1.807, 2.05) is 0 Å². The lowest BCUT2D eigenvalue weighted by Crippen LogP contribution is -2.26. The number of benzene rings is 1. The Morgan fingerprint density at radius 3 is 2.33 bits per heavy atom. The van der Waals surface area contributed by atoms with Crippen LogP contribution in [0.25, 0.3) is 0 Å². The molecule has 1 amide bonds. The fraction of sp³-hybridized carbons (Fsp3) is 0.353. The van der Waals surface area contributed by atoms with Gasteiger partial charge in [0.15, 0.2) is 0 Å². The number of hydrogen-bond donors (Lipinski definition) is 2. The van der Waals surface area contributed by atoms with Gasteiger partial charge in [-0.05, 0) is 22.6 Å². The second-order valence-electron chi connectivity index (χ2n) is 6.45. The summed E-state index contributed by atoms with van der Waals surface area (Å²) >= 11 is 0. The molecule has 0 saturated carbocycles. The number of amides is 1. The van der Waals surface area contributed by atoms with Crippen LogP contribution in [0.1, 0.15) is 42.4 Å². The van der Waals surface area contributed by atoms with E-state index < -0.39 is 0 Å². The number of carbonyl (C=O) groups is 1. The molecule has 21 heavy (non-hydrogen) atoms.